The normalized spacial score (nSPS) is 25.9. The summed E-state index contributed by atoms with van der Waals surface area (Å²) in [4.78, 5) is 0. The number of rotatable bonds is 3. The van der Waals surface area contributed by atoms with E-state index in [1.807, 2.05) is 12.1 Å². The minimum atomic E-state index is -0.175. The van der Waals surface area contributed by atoms with Gasteiger partial charge >= 0.3 is 0 Å². The van der Waals surface area contributed by atoms with E-state index < -0.39 is 0 Å². The van der Waals surface area contributed by atoms with E-state index in [9.17, 15) is 0 Å². The third-order valence-corrected chi connectivity index (χ3v) is 3.69. The number of benzene rings is 1. The first-order chi connectivity index (χ1) is 8.13. The van der Waals surface area contributed by atoms with Gasteiger partial charge in [0.15, 0.2) is 0 Å². The molecule has 1 aliphatic heterocycles. The molecule has 1 aliphatic rings. The molecule has 2 rings (SSSR count). The maximum atomic E-state index is 6.23. The highest BCUT2D eigenvalue weighted by atomic mass is 35.5. The van der Waals surface area contributed by atoms with Crippen LogP contribution in [0.5, 0.6) is 5.75 Å². The van der Waals surface area contributed by atoms with Crippen LogP contribution in [0.1, 0.15) is 24.9 Å². The van der Waals surface area contributed by atoms with E-state index in [4.69, 9.17) is 26.8 Å². The molecule has 0 amide bonds. The highest BCUT2D eigenvalue weighted by Gasteiger charge is 2.31. The van der Waals surface area contributed by atoms with Crippen molar-refractivity contribution in [2.45, 2.75) is 25.5 Å². The Hall–Kier alpha value is -0.770. The van der Waals surface area contributed by atoms with Crippen LogP contribution in [0.25, 0.3) is 0 Å². The van der Waals surface area contributed by atoms with E-state index in [0.29, 0.717) is 10.9 Å². The molecule has 3 unspecified atom stereocenters. The van der Waals surface area contributed by atoms with Crippen LogP contribution < -0.4 is 10.5 Å². The van der Waals surface area contributed by atoms with Crippen molar-refractivity contribution in [3.63, 3.8) is 0 Å². The van der Waals surface area contributed by atoms with Gasteiger partial charge in [0, 0.05) is 11.6 Å². The first-order valence-electron chi connectivity index (χ1n) is 5.84. The Morgan fingerprint density at radius 2 is 2.29 bits per heavy atom. The van der Waals surface area contributed by atoms with Crippen molar-refractivity contribution >= 4 is 11.6 Å². The number of methoxy groups -OCH3 is 1. The lowest BCUT2D eigenvalue weighted by Crippen LogP contribution is -2.30. The molecule has 0 spiro atoms. The summed E-state index contributed by atoms with van der Waals surface area (Å²) in [5.41, 5.74) is 7.16. The maximum Gasteiger partial charge on any atom is 0.120 e. The molecular weight excluding hydrogens is 238 g/mol. The molecule has 94 valence electrons. The molecule has 0 saturated carbocycles. The van der Waals surface area contributed by atoms with Crippen molar-refractivity contribution < 1.29 is 9.47 Å². The van der Waals surface area contributed by atoms with Crippen LogP contribution in [0.15, 0.2) is 18.2 Å². The van der Waals surface area contributed by atoms with Crippen LogP contribution in [0, 0.1) is 5.92 Å². The molecule has 3 atom stereocenters. The van der Waals surface area contributed by atoms with Gasteiger partial charge < -0.3 is 15.2 Å². The van der Waals surface area contributed by atoms with E-state index in [1.165, 1.54) is 0 Å². The van der Waals surface area contributed by atoms with Crippen LogP contribution in [-0.4, -0.2) is 19.8 Å². The molecule has 0 radical (unpaired) electrons. The molecule has 2 N–H and O–H groups in total. The average molecular weight is 256 g/mol. The molecule has 1 aromatic carbocycles. The molecule has 1 heterocycles. The van der Waals surface area contributed by atoms with Crippen molar-refractivity contribution in [2.24, 2.45) is 11.7 Å². The van der Waals surface area contributed by atoms with Gasteiger partial charge in [-0.2, -0.15) is 0 Å². The molecule has 1 saturated heterocycles. The summed E-state index contributed by atoms with van der Waals surface area (Å²) < 4.78 is 10.8. The fraction of sp³-hybridized carbons (Fsp3) is 0.538. The third kappa shape index (κ3) is 2.57. The van der Waals surface area contributed by atoms with Gasteiger partial charge in [0.05, 0.1) is 19.3 Å². The number of halogens is 1. The molecule has 17 heavy (non-hydrogen) atoms. The molecule has 0 bridgehead atoms. The molecule has 4 heteroatoms. The first-order valence-corrected chi connectivity index (χ1v) is 6.22. The van der Waals surface area contributed by atoms with Gasteiger partial charge in [-0.15, -0.1) is 0 Å². The second-order valence-corrected chi connectivity index (χ2v) is 4.92. The summed E-state index contributed by atoms with van der Waals surface area (Å²) in [6, 6.07) is 5.41. The van der Waals surface area contributed by atoms with E-state index in [0.717, 1.165) is 24.3 Å². The largest absolute Gasteiger partial charge is 0.497 e. The fourth-order valence-corrected chi connectivity index (χ4v) is 2.55. The Balaban J connectivity index is 2.21. The van der Waals surface area contributed by atoms with Crippen LogP contribution in [0.3, 0.4) is 0 Å². The lowest BCUT2D eigenvalue weighted by Gasteiger charge is -2.23. The maximum absolute atomic E-state index is 6.23. The van der Waals surface area contributed by atoms with Gasteiger partial charge in [-0.05, 0) is 30.0 Å². The highest BCUT2D eigenvalue weighted by Crippen LogP contribution is 2.34. The van der Waals surface area contributed by atoms with Crippen molar-refractivity contribution in [2.75, 3.05) is 13.7 Å². The number of ether oxygens (including phenoxy) is 2. The second-order valence-electron chi connectivity index (χ2n) is 4.51. The van der Waals surface area contributed by atoms with E-state index in [-0.39, 0.29) is 12.1 Å². The SMILES string of the molecule is COc1ccc(C(N)C2OCCC2C)c(Cl)c1. The molecule has 3 nitrogen and oxygen atoms in total. The molecule has 0 aromatic heterocycles. The van der Waals surface area contributed by atoms with Crippen LogP contribution >= 0.6 is 11.6 Å². The van der Waals surface area contributed by atoms with E-state index >= 15 is 0 Å². The average Bonchev–Trinajstić information content (AvgIpc) is 2.74. The minimum absolute atomic E-state index is 0.0564. The van der Waals surface area contributed by atoms with Gasteiger partial charge in [-0.1, -0.05) is 24.6 Å². The summed E-state index contributed by atoms with van der Waals surface area (Å²) in [5.74, 6) is 1.22. The van der Waals surface area contributed by atoms with Gasteiger partial charge in [0.1, 0.15) is 5.75 Å². The van der Waals surface area contributed by atoms with Gasteiger partial charge in [0.2, 0.25) is 0 Å². The standard InChI is InChI=1S/C13H18ClNO2/c1-8-5-6-17-13(8)12(15)10-4-3-9(16-2)7-11(10)14/h3-4,7-8,12-13H,5-6,15H2,1-2H3. The van der Waals surface area contributed by atoms with E-state index in [2.05, 4.69) is 6.92 Å². The number of hydrogen-bond acceptors (Lipinski definition) is 3. The summed E-state index contributed by atoms with van der Waals surface area (Å²) in [6.45, 7) is 2.95. The molecule has 1 fully saturated rings. The second kappa shape index (κ2) is 5.25. The predicted octanol–water partition coefficient (Wildman–Crippen LogP) is 2.77. The molecule has 1 aromatic rings. The zero-order valence-corrected chi connectivity index (χ0v) is 10.9. The molecule has 0 aliphatic carbocycles. The summed E-state index contributed by atoms with van der Waals surface area (Å²) >= 11 is 6.21. The third-order valence-electron chi connectivity index (χ3n) is 3.37. The summed E-state index contributed by atoms with van der Waals surface area (Å²) in [7, 11) is 1.62. The Kier molecular flexibility index (Phi) is 3.92. The predicted molar refractivity (Wildman–Crippen MR) is 68.5 cm³/mol. The van der Waals surface area contributed by atoms with Gasteiger partial charge in [0.25, 0.3) is 0 Å². The smallest absolute Gasteiger partial charge is 0.120 e. The Morgan fingerprint density at radius 1 is 1.53 bits per heavy atom. The van der Waals surface area contributed by atoms with Crippen molar-refractivity contribution in [1.82, 2.24) is 0 Å². The van der Waals surface area contributed by atoms with Crippen molar-refractivity contribution in [3.05, 3.63) is 28.8 Å². The lowest BCUT2D eigenvalue weighted by atomic mass is 9.93. The monoisotopic (exact) mass is 255 g/mol. The topological polar surface area (TPSA) is 44.5 Å². The lowest BCUT2D eigenvalue weighted by molar-refractivity contribution is 0.0725. The van der Waals surface area contributed by atoms with Crippen LogP contribution in [0.4, 0.5) is 0 Å². The number of nitrogens with two attached hydrogens (primary N) is 1. The first kappa shape index (κ1) is 12.7. The summed E-state index contributed by atoms with van der Waals surface area (Å²) in [5, 5.41) is 0.638. The van der Waals surface area contributed by atoms with E-state index in [1.54, 1.807) is 13.2 Å². The van der Waals surface area contributed by atoms with Gasteiger partial charge in [-0.3, -0.25) is 0 Å². The quantitative estimate of drug-likeness (QED) is 0.903. The van der Waals surface area contributed by atoms with Crippen molar-refractivity contribution in [3.8, 4) is 5.75 Å². The zero-order valence-electron chi connectivity index (χ0n) is 10.2. The Morgan fingerprint density at radius 3 is 2.82 bits per heavy atom. The zero-order chi connectivity index (χ0) is 12.4. The minimum Gasteiger partial charge on any atom is -0.497 e. The van der Waals surface area contributed by atoms with Crippen LogP contribution in [-0.2, 0) is 4.74 Å². The fourth-order valence-electron chi connectivity index (χ4n) is 2.26. The molecular formula is C13H18ClNO2. The Labute approximate surface area is 107 Å². The van der Waals surface area contributed by atoms with Crippen molar-refractivity contribution in [1.29, 1.82) is 0 Å². The Bertz CT molecular complexity index is 397. The highest BCUT2D eigenvalue weighted by molar-refractivity contribution is 6.31. The number of hydrogen-bond donors (Lipinski definition) is 1. The van der Waals surface area contributed by atoms with Gasteiger partial charge in [-0.25, -0.2) is 0 Å². The summed E-state index contributed by atoms with van der Waals surface area (Å²) in [6.07, 6.45) is 1.12. The van der Waals surface area contributed by atoms with Crippen LogP contribution in [0.2, 0.25) is 5.02 Å².